The summed E-state index contributed by atoms with van der Waals surface area (Å²) in [4.78, 5) is 23.5. The van der Waals surface area contributed by atoms with Gasteiger partial charge in [-0.05, 0) is 26.6 Å². The second-order valence-electron chi connectivity index (χ2n) is 7.10. The van der Waals surface area contributed by atoms with E-state index in [0.717, 1.165) is 44.8 Å². The fourth-order valence-corrected chi connectivity index (χ4v) is 3.37. The second-order valence-corrected chi connectivity index (χ2v) is 7.10. The lowest BCUT2D eigenvalue weighted by Crippen LogP contribution is -2.51. The number of aryl methyl sites for hydroxylation is 1. The fourth-order valence-electron chi connectivity index (χ4n) is 3.37. The quantitative estimate of drug-likeness (QED) is 0.774. The first-order chi connectivity index (χ1) is 12.5. The molecule has 26 heavy (non-hydrogen) atoms. The summed E-state index contributed by atoms with van der Waals surface area (Å²) in [5.74, 6) is 0.190. The molecule has 7 heteroatoms. The van der Waals surface area contributed by atoms with Crippen molar-refractivity contribution in [2.75, 3.05) is 46.8 Å². The van der Waals surface area contributed by atoms with Crippen LogP contribution < -0.4 is 0 Å². The highest BCUT2D eigenvalue weighted by molar-refractivity contribution is 5.83. The predicted octanol–water partition coefficient (Wildman–Crippen LogP) is 1.03. The van der Waals surface area contributed by atoms with Gasteiger partial charge in [-0.15, -0.1) is 0 Å². The first-order valence-electron chi connectivity index (χ1n) is 9.11. The van der Waals surface area contributed by atoms with Crippen LogP contribution in [0.4, 0.5) is 0 Å². The van der Waals surface area contributed by atoms with E-state index < -0.39 is 0 Å². The molecule has 7 nitrogen and oxygen atoms in total. The topological polar surface area (TPSA) is 57.5 Å². The van der Waals surface area contributed by atoms with Crippen molar-refractivity contribution in [3.63, 3.8) is 0 Å². The van der Waals surface area contributed by atoms with Crippen LogP contribution in [-0.2, 0) is 11.3 Å². The first-order valence-corrected chi connectivity index (χ1v) is 9.11. The molecule has 0 radical (unpaired) electrons. The van der Waals surface area contributed by atoms with Crippen molar-refractivity contribution in [3.05, 3.63) is 48.0 Å². The van der Waals surface area contributed by atoms with Crippen molar-refractivity contribution in [2.45, 2.75) is 19.5 Å². The van der Waals surface area contributed by atoms with Gasteiger partial charge in [0.2, 0.25) is 5.91 Å². The number of carbonyl (C=O) groups is 1. The molecule has 0 bridgehead atoms. The lowest BCUT2D eigenvalue weighted by atomic mass is 10.0. The van der Waals surface area contributed by atoms with Gasteiger partial charge in [-0.3, -0.25) is 19.3 Å². The van der Waals surface area contributed by atoms with Crippen molar-refractivity contribution in [1.82, 2.24) is 29.5 Å². The number of rotatable bonds is 6. The third-order valence-electron chi connectivity index (χ3n) is 4.94. The molecular weight excluding hydrogens is 328 g/mol. The molecule has 0 unspecified atom stereocenters. The van der Waals surface area contributed by atoms with Crippen molar-refractivity contribution in [3.8, 4) is 0 Å². The third kappa shape index (κ3) is 4.47. The summed E-state index contributed by atoms with van der Waals surface area (Å²) in [5.41, 5.74) is 2.26. The molecule has 1 atom stereocenters. The summed E-state index contributed by atoms with van der Waals surface area (Å²) in [6.45, 7) is 7.16. The Morgan fingerprint density at radius 3 is 2.38 bits per heavy atom. The van der Waals surface area contributed by atoms with Gasteiger partial charge in [0.1, 0.15) is 18.7 Å². The molecule has 0 saturated carbocycles. The summed E-state index contributed by atoms with van der Waals surface area (Å²) >= 11 is 0. The smallest absolute Gasteiger partial charge is 0.244 e. The van der Waals surface area contributed by atoms with Gasteiger partial charge in [-0.2, -0.15) is 5.10 Å². The van der Waals surface area contributed by atoms with Gasteiger partial charge in [-0.25, -0.2) is 4.98 Å². The number of aromatic nitrogens is 3. The minimum absolute atomic E-state index is 0.190. The molecule has 1 fully saturated rings. The Balaban J connectivity index is 1.56. The third-order valence-corrected chi connectivity index (χ3v) is 4.94. The molecule has 1 saturated heterocycles. The Morgan fingerprint density at radius 1 is 1.12 bits per heavy atom. The Hall–Kier alpha value is -2.25. The lowest BCUT2D eigenvalue weighted by molar-refractivity contribution is -0.138. The molecule has 1 aromatic heterocycles. The zero-order valence-corrected chi connectivity index (χ0v) is 15.9. The predicted molar refractivity (Wildman–Crippen MR) is 101 cm³/mol. The van der Waals surface area contributed by atoms with Crippen LogP contribution in [0.25, 0.3) is 0 Å². The van der Waals surface area contributed by atoms with Crippen molar-refractivity contribution in [1.29, 1.82) is 0 Å². The molecule has 2 aromatic rings. The molecule has 1 aliphatic heterocycles. The SMILES string of the molecule is Cc1ccc([C@@H](C(=O)N2CCN(CCn3cncn3)CC2)N(C)C)cc1. The number of likely N-dealkylation sites (N-methyl/N-ethyl adjacent to an activating group) is 1. The maximum Gasteiger partial charge on any atom is 0.244 e. The Kier molecular flexibility index (Phi) is 6.00. The highest BCUT2D eigenvalue weighted by atomic mass is 16.2. The zero-order valence-electron chi connectivity index (χ0n) is 15.9. The highest BCUT2D eigenvalue weighted by Crippen LogP contribution is 2.22. The second kappa shape index (κ2) is 8.42. The van der Waals surface area contributed by atoms with Gasteiger partial charge in [0, 0.05) is 32.7 Å². The van der Waals surface area contributed by atoms with Crippen LogP contribution in [0.5, 0.6) is 0 Å². The van der Waals surface area contributed by atoms with E-state index >= 15 is 0 Å². The van der Waals surface area contributed by atoms with Gasteiger partial charge < -0.3 is 4.90 Å². The number of piperazine rings is 1. The Morgan fingerprint density at radius 2 is 1.81 bits per heavy atom. The maximum absolute atomic E-state index is 13.1. The number of hydrogen-bond acceptors (Lipinski definition) is 5. The minimum Gasteiger partial charge on any atom is -0.338 e. The molecule has 2 heterocycles. The lowest BCUT2D eigenvalue weighted by Gasteiger charge is -2.37. The standard InChI is InChI=1S/C19H28N6O/c1-16-4-6-17(7-5-16)18(22(2)3)19(26)24-11-8-23(9-12-24)10-13-25-15-20-14-21-25/h4-7,14-15,18H,8-13H2,1-3H3/t18-/m0/s1. The van der Waals surface area contributed by atoms with Crippen LogP contribution in [-0.4, -0.2) is 82.2 Å². The van der Waals surface area contributed by atoms with E-state index in [0.29, 0.717) is 0 Å². The molecule has 0 spiro atoms. The Labute approximate surface area is 155 Å². The molecule has 1 amide bonds. The van der Waals surface area contributed by atoms with Gasteiger partial charge in [0.25, 0.3) is 0 Å². The average Bonchev–Trinajstić information content (AvgIpc) is 3.15. The van der Waals surface area contributed by atoms with E-state index in [1.807, 2.05) is 28.6 Å². The number of hydrogen-bond donors (Lipinski definition) is 0. The normalized spacial score (nSPS) is 16.8. The van der Waals surface area contributed by atoms with Crippen LogP contribution >= 0.6 is 0 Å². The summed E-state index contributed by atoms with van der Waals surface area (Å²) in [7, 11) is 3.94. The molecule has 0 N–H and O–H groups in total. The monoisotopic (exact) mass is 356 g/mol. The van der Waals surface area contributed by atoms with E-state index in [4.69, 9.17) is 0 Å². The number of carbonyl (C=O) groups excluding carboxylic acids is 1. The van der Waals surface area contributed by atoms with Gasteiger partial charge >= 0.3 is 0 Å². The Bertz CT molecular complexity index is 689. The van der Waals surface area contributed by atoms with Gasteiger partial charge in [0.05, 0.1) is 6.54 Å². The summed E-state index contributed by atoms with van der Waals surface area (Å²) < 4.78 is 1.84. The minimum atomic E-state index is -0.225. The van der Waals surface area contributed by atoms with E-state index in [1.54, 1.807) is 12.7 Å². The molecular formula is C19H28N6O. The van der Waals surface area contributed by atoms with Gasteiger partial charge in [-0.1, -0.05) is 29.8 Å². The highest BCUT2D eigenvalue weighted by Gasteiger charge is 2.29. The molecule has 0 aliphatic carbocycles. The fraction of sp³-hybridized carbons (Fsp3) is 0.526. The average molecular weight is 356 g/mol. The number of amides is 1. The maximum atomic E-state index is 13.1. The summed E-state index contributed by atoms with van der Waals surface area (Å²) in [5, 5.41) is 4.13. The van der Waals surface area contributed by atoms with Gasteiger partial charge in [0.15, 0.2) is 0 Å². The van der Waals surface area contributed by atoms with Crippen molar-refractivity contribution >= 4 is 5.91 Å². The van der Waals surface area contributed by atoms with Crippen LogP contribution in [0.1, 0.15) is 17.2 Å². The van der Waals surface area contributed by atoms with E-state index in [1.165, 1.54) is 5.56 Å². The molecule has 1 aromatic carbocycles. The first kappa shape index (κ1) is 18.5. The largest absolute Gasteiger partial charge is 0.338 e. The summed E-state index contributed by atoms with van der Waals surface area (Å²) in [6, 6.07) is 8.04. The summed E-state index contributed by atoms with van der Waals surface area (Å²) in [6.07, 6.45) is 3.30. The van der Waals surface area contributed by atoms with Crippen LogP contribution in [0.3, 0.4) is 0 Å². The molecule has 3 rings (SSSR count). The number of nitrogens with zero attached hydrogens (tertiary/aromatic N) is 6. The van der Waals surface area contributed by atoms with E-state index in [-0.39, 0.29) is 11.9 Å². The van der Waals surface area contributed by atoms with E-state index in [9.17, 15) is 4.79 Å². The van der Waals surface area contributed by atoms with Crippen molar-refractivity contribution in [2.24, 2.45) is 0 Å². The number of benzene rings is 1. The molecule has 1 aliphatic rings. The van der Waals surface area contributed by atoms with Crippen LogP contribution in [0.15, 0.2) is 36.9 Å². The van der Waals surface area contributed by atoms with Crippen LogP contribution in [0, 0.1) is 6.92 Å². The van der Waals surface area contributed by atoms with Crippen molar-refractivity contribution < 1.29 is 4.79 Å². The zero-order chi connectivity index (χ0) is 18.5. The van der Waals surface area contributed by atoms with E-state index in [2.05, 4.69) is 46.2 Å². The van der Waals surface area contributed by atoms with Crippen LogP contribution in [0.2, 0.25) is 0 Å². The molecule has 140 valence electrons.